The van der Waals surface area contributed by atoms with E-state index in [2.05, 4.69) is 46.6 Å². The fourth-order valence-corrected chi connectivity index (χ4v) is 6.99. The molecule has 1 aliphatic heterocycles. The van der Waals surface area contributed by atoms with Gasteiger partial charge in [-0.05, 0) is 90.6 Å². The zero-order valence-electron chi connectivity index (χ0n) is 34.2. The number of ether oxygens (including phenoxy) is 4. The van der Waals surface area contributed by atoms with Gasteiger partial charge in [-0.2, -0.15) is 0 Å². The molecule has 8 nitrogen and oxygen atoms in total. The summed E-state index contributed by atoms with van der Waals surface area (Å²) in [4.78, 5) is 41.4. The van der Waals surface area contributed by atoms with Gasteiger partial charge < -0.3 is 23.8 Å². The number of carbonyl (C=O) groups is 3. The van der Waals surface area contributed by atoms with E-state index < -0.39 is 0 Å². The molecule has 2 atom stereocenters. The second-order valence-corrected chi connectivity index (χ2v) is 15.3. The third-order valence-electron chi connectivity index (χ3n) is 10.4. The first-order chi connectivity index (χ1) is 24.8. The molecule has 0 aromatic heterocycles. The quantitative estimate of drug-likeness (QED) is 0.0375. The first-order valence-electron chi connectivity index (χ1n) is 21.7. The molecule has 0 aromatic rings. The minimum atomic E-state index is -0.268. The number of carbonyl (C=O) groups excluding carboxylic acids is 3. The van der Waals surface area contributed by atoms with Gasteiger partial charge in [-0.15, -0.1) is 0 Å². The lowest BCUT2D eigenvalue weighted by Gasteiger charge is -2.36. The van der Waals surface area contributed by atoms with Gasteiger partial charge in [0.1, 0.15) is 18.3 Å². The molecule has 1 fully saturated rings. The Morgan fingerprint density at radius 1 is 0.549 bits per heavy atom. The van der Waals surface area contributed by atoms with Crippen LogP contribution in [0.3, 0.4) is 0 Å². The summed E-state index contributed by atoms with van der Waals surface area (Å²) in [5, 5.41) is 0. The molecule has 51 heavy (non-hydrogen) atoms. The SMILES string of the molecule is CCCCCCCOC1CN(C)CCC1C(=O)OC(CCCCC(=O)OC(CCCC)CCCC)CCCCC(=O)OC(CCCC)CCCC. The molecule has 2 unspecified atom stereocenters. The Morgan fingerprint density at radius 2 is 0.980 bits per heavy atom. The Bertz CT molecular complexity index is 809. The fraction of sp³-hybridized carbons (Fsp3) is 0.930. The lowest BCUT2D eigenvalue weighted by molar-refractivity contribution is -0.164. The smallest absolute Gasteiger partial charge is 0.311 e. The maximum absolute atomic E-state index is 13.7. The molecule has 1 rings (SSSR count). The molecule has 0 aliphatic carbocycles. The zero-order chi connectivity index (χ0) is 37.5. The molecule has 1 aliphatic rings. The Morgan fingerprint density at radius 3 is 1.45 bits per heavy atom. The average molecular weight is 724 g/mol. The highest BCUT2D eigenvalue weighted by molar-refractivity contribution is 5.73. The van der Waals surface area contributed by atoms with Crippen molar-refractivity contribution in [3.8, 4) is 0 Å². The van der Waals surface area contributed by atoms with Crippen LogP contribution >= 0.6 is 0 Å². The van der Waals surface area contributed by atoms with Crippen molar-refractivity contribution < 1.29 is 33.3 Å². The summed E-state index contributed by atoms with van der Waals surface area (Å²) in [7, 11) is 2.09. The van der Waals surface area contributed by atoms with Crippen molar-refractivity contribution in [2.24, 2.45) is 5.92 Å². The molecule has 8 heteroatoms. The van der Waals surface area contributed by atoms with Crippen LogP contribution in [0.1, 0.15) is 202 Å². The van der Waals surface area contributed by atoms with Crippen LogP contribution in [0, 0.1) is 5.92 Å². The van der Waals surface area contributed by atoms with Gasteiger partial charge in [0.15, 0.2) is 0 Å². The van der Waals surface area contributed by atoms with Crippen molar-refractivity contribution in [3.05, 3.63) is 0 Å². The van der Waals surface area contributed by atoms with E-state index >= 15 is 0 Å². The van der Waals surface area contributed by atoms with E-state index in [4.69, 9.17) is 18.9 Å². The number of unbranched alkanes of at least 4 members (excludes halogenated alkanes) is 10. The van der Waals surface area contributed by atoms with Gasteiger partial charge in [0.2, 0.25) is 0 Å². The number of esters is 3. The lowest BCUT2D eigenvalue weighted by Crippen LogP contribution is -2.47. The second kappa shape index (κ2) is 31.8. The first-order valence-corrected chi connectivity index (χ1v) is 21.7. The molecule has 1 heterocycles. The summed E-state index contributed by atoms with van der Waals surface area (Å²) in [6.07, 6.45) is 23.9. The first kappa shape index (κ1) is 47.4. The number of likely N-dealkylation sites (N-methyl/N-ethyl adjacent to an activating group) is 1. The van der Waals surface area contributed by atoms with Gasteiger partial charge >= 0.3 is 17.9 Å². The second-order valence-electron chi connectivity index (χ2n) is 15.3. The molecule has 0 amide bonds. The predicted octanol–water partition coefficient (Wildman–Crippen LogP) is 10.9. The third kappa shape index (κ3) is 24.3. The van der Waals surface area contributed by atoms with E-state index in [0.29, 0.717) is 45.1 Å². The molecule has 0 aromatic carbocycles. The van der Waals surface area contributed by atoms with Crippen molar-refractivity contribution in [1.29, 1.82) is 0 Å². The summed E-state index contributed by atoms with van der Waals surface area (Å²) in [5.41, 5.74) is 0. The van der Waals surface area contributed by atoms with Gasteiger partial charge in [-0.25, -0.2) is 0 Å². The van der Waals surface area contributed by atoms with E-state index in [-0.39, 0.29) is 48.2 Å². The number of piperidine rings is 1. The van der Waals surface area contributed by atoms with E-state index in [1.54, 1.807) is 0 Å². The maximum Gasteiger partial charge on any atom is 0.311 e. The third-order valence-corrected chi connectivity index (χ3v) is 10.4. The molecule has 0 bridgehead atoms. The molecular formula is C43H81NO7. The molecule has 1 saturated heterocycles. The van der Waals surface area contributed by atoms with Crippen molar-refractivity contribution in [1.82, 2.24) is 4.90 Å². The molecular weight excluding hydrogens is 642 g/mol. The van der Waals surface area contributed by atoms with Gasteiger partial charge in [-0.3, -0.25) is 14.4 Å². The minimum Gasteiger partial charge on any atom is -0.462 e. The Balaban J connectivity index is 2.76. The summed E-state index contributed by atoms with van der Waals surface area (Å²) in [5.74, 6) is -0.657. The summed E-state index contributed by atoms with van der Waals surface area (Å²) in [6, 6.07) is 0. The van der Waals surface area contributed by atoms with Crippen LogP contribution in [-0.2, 0) is 33.3 Å². The van der Waals surface area contributed by atoms with Crippen molar-refractivity contribution in [2.45, 2.75) is 226 Å². The lowest BCUT2D eigenvalue weighted by atomic mass is 9.93. The predicted molar refractivity (Wildman–Crippen MR) is 209 cm³/mol. The zero-order valence-corrected chi connectivity index (χ0v) is 34.2. The van der Waals surface area contributed by atoms with Crippen LogP contribution in [0.15, 0.2) is 0 Å². The van der Waals surface area contributed by atoms with Crippen LogP contribution in [0.5, 0.6) is 0 Å². The maximum atomic E-state index is 13.7. The molecule has 300 valence electrons. The van der Waals surface area contributed by atoms with Crippen LogP contribution in [0.2, 0.25) is 0 Å². The van der Waals surface area contributed by atoms with Gasteiger partial charge in [0, 0.05) is 26.0 Å². The van der Waals surface area contributed by atoms with Crippen LogP contribution in [-0.4, -0.2) is 74.0 Å². The molecule has 0 spiro atoms. The van der Waals surface area contributed by atoms with E-state index in [1.807, 2.05) is 0 Å². The summed E-state index contributed by atoms with van der Waals surface area (Å²) in [6.45, 7) is 13.2. The highest BCUT2D eigenvalue weighted by Crippen LogP contribution is 2.25. The van der Waals surface area contributed by atoms with E-state index in [9.17, 15) is 14.4 Å². The van der Waals surface area contributed by atoms with Crippen molar-refractivity contribution >= 4 is 17.9 Å². The van der Waals surface area contributed by atoms with E-state index in [0.717, 1.165) is 122 Å². The van der Waals surface area contributed by atoms with Gasteiger partial charge in [-0.1, -0.05) is 112 Å². The van der Waals surface area contributed by atoms with Crippen LogP contribution in [0.4, 0.5) is 0 Å². The molecule has 0 saturated carbocycles. The monoisotopic (exact) mass is 724 g/mol. The molecule has 0 radical (unpaired) electrons. The van der Waals surface area contributed by atoms with E-state index in [1.165, 1.54) is 19.3 Å². The Kier molecular flexibility index (Phi) is 29.5. The average Bonchev–Trinajstić information content (AvgIpc) is 3.12. The highest BCUT2D eigenvalue weighted by Gasteiger charge is 2.36. The topological polar surface area (TPSA) is 91.4 Å². The number of rotatable bonds is 33. The van der Waals surface area contributed by atoms with Gasteiger partial charge in [0.25, 0.3) is 0 Å². The highest BCUT2D eigenvalue weighted by atomic mass is 16.6. The number of hydrogen-bond acceptors (Lipinski definition) is 8. The van der Waals surface area contributed by atoms with Crippen LogP contribution in [0.25, 0.3) is 0 Å². The van der Waals surface area contributed by atoms with Gasteiger partial charge in [0.05, 0.1) is 12.0 Å². The Labute approximate surface area is 314 Å². The minimum absolute atomic E-state index is 0.0207. The Hall–Kier alpha value is -1.67. The normalized spacial score (nSPS) is 16.6. The summed E-state index contributed by atoms with van der Waals surface area (Å²) >= 11 is 0. The fourth-order valence-electron chi connectivity index (χ4n) is 6.99. The van der Waals surface area contributed by atoms with Crippen molar-refractivity contribution in [3.63, 3.8) is 0 Å². The van der Waals surface area contributed by atoms with Crippen LogP contribution < -0.4 is 0 Å². The largest absolute Gasteiger partial charge is 0.462 e. The number of likely N-dealkylation sites (tertiary alicyclic amines) is 1. The number of nitrogens with zero attached hydrogens (tertiary/aromatic N) is 1. The molecule has 0 N–H and O–H groups in total. The van der Waals surface area contributed by atoms with Crippen molar-refractivity contribution in [2.75, 3.05) is 26.7 Å². The summed E-state index contributed by atoms with van der Waals surface area (Å²) < 4.78 is 24.3. The standard InChI is InChI=1S/C43H81NO7/c1-7-12-17-18-23-34-48-40-35-44(6)33-32-39(40)43(47)51-38(28-19-21-30-41(45)49-36(24-13-8-2)25-14-9-3)29-20-22-31-42(46)50-37(26-15-10-4)27-16-11-5/h36-40H,7-35H2,1-6H3. The number of hydrogen-bond donors (Lipinski definition) is 0.